The summed E-state index contributed by atoms with van der Waals surface area (Å²) in [7, 11) is 0. The number of carbonyl (C=O) groups excluding carboxylic acids is 1. The van der Waals surface area contributed by atoms with Gasteiger partial charge in [-0.3, -0.25) is 4.79 Å². The number of hydrogen-bond acceptors (Lipinski definition) is 2. The van der Waals surface area contributed by atoms with E-state index >= 15 is 0 Å². The van der Waals surface area contributed by atoms with Crippen molar-refractivity contribution < 1.29 is 4.79 Å². The third-order valence-electron chi connectivity index (χ3n) is 3.56. The zero-order valence-corrected chi connectivity index (χ0v) is 12.9. The molecule has 1 aromatic carbocycles. The van der Waals surface area contributed by atoms with Gasteiger partial charge in [-0.15, -0.1) is 0 Å². The summed E-state index contributed by atoms with van der Waals surface area (Å²) < 4.78 is 1.16. The maximum Gasteiger partial charge on any atom is 0.221 e. The molecular weight excluding hydrogens is 304 g/mol. The van der Waals surface area contributed by atoms with E-state index < -0.39 is 0 Å². The molecule has 2 N–H and O–H groups in total. The number of halogens is 1. The first-order valence-electron chi connectivity index (χ1n) is 6.96. The zero-order chi connectivity index (χ0) is 13.7. The van der Waals surface area contributed by atoms with Gasteiger partial charge < -0.3 is 10.6 Å². The minimum atomic E-state index is 0.134. The summed E-state index contributed by atoms with van der Waals surface area (Å²) in [6.07, 6.45) is 3.90. The monoisotopic (exact) mass is 324 g/mol. The molecule has 1 aliphatic rings. The molecule has 0 heterocycles. The van der Waals surface area contributed by atoms with Gasteiger partial charge in [-0.05, 0) is 49.4 Å². The van der Waals surface area contributed by atoms with Crippen LogP contribution < -0.4 is 10.6 Å². The maximum atomic E-state index is 11.4. The van der Waals surface area contributed by atoms with Gasteiger partial charge in [-0.1, -0.05) is 22.0 Å². The first-order valence-corrected chi connectivity index (χ1v) is 7.75. The Morgan fingerprint density at radius 3 is 3.05 bits per heavy atom. The molecule has 0 radical (unpaired) electrons. The molecule has 0 bridgehead atoms. The lowest BCUT2D eigenvalue weighted by Crippen LogP contribution is -2.37. The molecule has 0 spiro atoms. The van der Waals surface area contributed by atoms with Crippen molar-refractivity contribution >= 4 is 21.8 Å². The second-order valence-electron chi connectivity index (χ2n) is 5.01. The Kier molecular flexibility index (Phi) is 5.40. The molecule has 1 unspecified atom stereocenters. The van der Waals surface area contributed by atoms with Crippen LogP contribution in [0.3, 0.4) is 0 Å². The number of hydrogen-bond donors (Lipinski definition) is 2. The van der Waals surface area contributed by atoms with Crippen molar-refractivity contribution in [3.05, 3.63) is 33.8 Å². The van der Waals surface area contributed by atoms with E-state index in [4.69, 9.17) is 0 Å². The summed E-state index contributed by atoms with van der Waals surface area (Å²) in [5.41, 5.74) is 2.89. The molecule has 104 valence electrons. The van der Waals surface area contributed by atoms with Gasteiger partial charge in [-0.25, -0.2) is 0 Å². The Morgan fingerprint density at radius 2 is 2.26 bits per heavy atom. The van der Waals surface area contributed by atoms with Crippen LogP contribution in [0.25, 0.3) is 0 Å². The topological polar surface area (TPSA) is 41.1 Å². The number of benzene rings is 1. The number of rotatable bonds is 5. The Balaban J connectivity index is 1.79. The number of amides is 1. The van der Waals surface area contributed by atoms with Crippen molar-refractivity contribution in [1.82, 2.24) is 10.6 Å². The number of carbonyl (C=O) groups is 1. The molecule has 0 saturated carbocycles. The normalized spacial score (nSPS) is 17.9. The fourth-order valence-electron chi connectivity index (χ4n) is 2.57. The van der Waals surface area contributed by atoms with E-state index in [0.717, 1.165) is 30.3 Å². The van der Waals surface area contributed by atoms with Gasteiger partial charge in [0, 0.05) is 30.0 Å². The zero-order valence-electron chi connectivity index (χ0n) is 11.3. The lowest BCUT2D eigenvalue weighted by atomic mass is 9.88. The molecule has 1 atom stereocenters. The highest BCUT2D eigenvalue weighted by atomic mass is 79.9. The van der Waals surface area contributed by atoms with Crippen LogP contribution in [0.2, 0.25) is 0 Å². The van der Waals surface area contributed by atoms with E-state index in [1.807, 2.05) is 6.92 Å². The molecule has 4 heteroatoms. The van der Waals surface area contributed by atoms with Gasteiger partial charge in [0.15, 0.2) is 0 Å². The number of nitrogens with one attached hydrogen (secondary N) is 2. The van der Waals surface area contributed by atoms with Crippen LogP contribution in [0.4, 0.5) is 0 Å². The van der Waals surface area contributed by atoms with E-state index in [9.17, 15) is 4.79 Å². The van der Waals surface area contributed by atoms with Gasteiger partial charge in [0.1, 0.15) is 0 Å². The molecule has 19 heavy (non-hydrogen) atoms. The van der Waals surface area contributed by atoms with Gasteiger partial charge in [-0.2, -0.15) is 0 Å². The molecule has 0 saturated heterocycles. The fourth-order valence-corrected chi connectivity index (χ4v) is 2.98. The minimum absolute atomic E-state index is 0.134. The number of aryl methyl sites for hydroxylation is 1. The lowest BCUT2D eigenvalue weighted by Gasteiger charge is -2.25. The van der Waals surface area contributed by atoms with Gasteiger partial charge in [0.05, 0.1) is 0 Å². The van der Waals surface area contributed by atoms with Crippen LogP contribution in [-0.2, 0) is 17.6 Å². The van der Waals surface area contributed by atoms with E-state index in [0.29, 0.717) is 19.0 Å². The molecule has 0 aromatic heterocycles. The first-order chi connectivity index (χ1) is 9.19. The quantitative estimate of drug-likeness (QED) is 0.873. The largest absolute Gasteiger partial charge is 0.356 e. The van der Waals surface area contributed by atoms with Crippen LogP contribution in [-0.4, -0.2) is 25.0 Å². The summed E-state index contributed by atoms with van der Waals surface area (Å²) in [5.74, 6) is 0.134. The van der Waals surface area contributed by atoms with Crippen molar-refractivity contribution in [1.29, 1.82) is 0 Å². The Morgan fingerprint density at radius 1 is 1.42 bits per heavy atom. The summed E-state index contributed by atoms with van der Waals surface area (Å²) in [6.45, 7) is 3.43. The SMILES string of the molecule is CCNC(=O)CCNC1CCc2cc(Br)ccc2C1. The van der Waals surface area contributed by atoms with Gasteiger partial charge in [0.25, 0.3) is 0 Å². The predicted octanol–water partition coefficient (Wildman–Crippen LogP) is 2.42. The van der Waals surface area contributed by atoms with E-state index in [2.05, 4.69) is 44.8 Å². The lowest BCUT2D eigenvalue weighted by molar-refractivity contribution is -0.120. The van der Waals surface area contributed by atoms with E-state index in [-0.39, 0.29) is 5.91 Å². The second kappa shape index (κ2) is 7.06. The molecule has 1 amide bonds. The summed E-state index contributed by atoms with van der Waals surface area (Å²) in [5, 5.41) is 6.31. The molecule has 0 fully saturated rings. The van der Waals surface area contributed by atoms with Crippen molar-refractivity contribution in [2.45, 2.75) is 38.6 Å². The highest BCUT2D eigenvalue weighted by Gasteiger charge is 2.18. The molecule has 2 rings (SSSR count). The predicted molar refractivity (Wildman–Crippen MR) is 81.3 cm³/mol. The molecule has 3 nitrogen and oxygen atoms in total. The summed E-state index contributed by atoms with van der Waals surface area (Å²) >= 11 is 3.52. The molecule has 0 aliphatic heterocycles. The van der Waals surface area contributed by atoms with Crippen molar-refractivity contribution in [3.8, 4) is 0 Å². The minimum Gasteiger partial charge on any atom is -0.356 e. The van der Waals surface area contributed by atoms with Crippen molar-refractivity contribution in [3.63, 3.8) is 0 Å². The Hall–Kier alpha value is -0.870. The standard InChI is InChI=1S/C15H21BrN2O/c1-2-17-15(19)7-8-18-14-6-4-11-9-13(16)5-3-12(11)10-14/h3,5,9,14,18H,2,4,6-8,10H2,1H3,(H,17,19). The fraction of sp³-hybridized carbons (Fsp3) is 0.533. The maximum absolute atomic E-state index is 11.4. The molecule has 1 aliphatic carbocycles. The molecular formula is C15H21BrN2O. The third-order valence-corrected chi connectivity index (χ3v) is 4.05. The van der Waals surface area contributed by atoms with Crippen LogP contribution >= 0.6 is 15.9 Å². The Labute approximate surface area is 123 Å². The summed E-state index contributed by atoms with van der Waals surface area (Å²) in [6, 6.07) is 7.04. The average molecular weight is 325 g/mol. The average Bonchev–Trinajstić information content (AvgIpc) is 2.39. The van der Waals surface area contributed by atoms with Crippen molar-refractivity contribution in [2.75, 3.05) is 13.1 Å². The molecule has 1 aromatic rings. The highest BCUT2D eigenvalue weighted by Crippen LogP contribution is 2.24. The van der Waals surface area contributed by atoms with E-state index in [1.54, 1.807) is 0 Å². The van der Waals surface area contributed by atoms with Crippen LogP contribution in [0.15, 0.2) is 22.7 Å². The number of fused-ring (bicyclic) bond motifs is 1. The smallest absolute Gasteiger partial charge is 0.221 e. The second-order valence-corrected chi connectivity index (χ2v) is 5.93. The van der Waals surface area contributed by atoms with E-state index in [1.165, 1.54) is 11.1 Å². The van der Waals surface area contributed by atoms with Crippen LogP contribution in [0.5, 0.6) is 0 Å². The Bertz CT molecular complexity index is 448. The first kappa shape index (κ1) is 14.5. The van der Waals surface area contributed by atoms with Crippen LogP contribution in [0, 0.1) is 0 Å². The van der Waals surface area contributed by atoms with Crippen LogP contribution in [0.1, 0.15) is 30.9 Å². The summed E-state index contributed by atoms with van der Waals surface area (Å²) in [4.78, 5) is 11.4. The highest BCUT2D eigenvalue weighted by molar-refractivity contribution is 9.10. The third kappa shape index (κ3) is 4.32. The van der Waals surface area contributed by atoms with Crippen molar-refractivity contribution in [2.24, 2.45) is 0 Å². The van der Waals surface area contributed by atoms with Gasteiger partial charge >= 0.3 is 0 Å². The van der Waals surface area contributed by atoms with Gasteiger partial charge in [0.2, 0.25) is 5.91 Å².